The molecule has 1 heterocycles. The molecule has 1 aliphatic rings. The number of aryl methyl sites for hydroxylation is 1. The molecule has 0 radical (unpaired) electrons. The van der Waals surface area contributed by atoms with Gasteiger partial charge >= 0.3 is 12.0 Å². The number of carbonyl (C=O) groups is 2. The quantitative estimate of drug-likeness (QED) is 0.864. The SMILES string of the molecule is Cc1cccc(Cl)c1NC(=O)N1CC(C(=O)O)C1. The number of rotatable bonds is 2. The van der Waals surface area contributed by atoms with E-state index in [2.05, 4.69) is 5.32 Å². The van der Waals surface area contributed by atoms with Gasteiger partial charge in [-0.2, -0.15) is 0 Å². The lowest BCUT2D eigenvalue weighted by molar-refractivity contribution is -0.145. The van der Waals surface area contributed by atoms with Crippen LogP contribution in [0.4, 0.5) is 10.5 Å². The van der Waals surface area contributed by atoms with Gasteiger partial charge in [0.15, 0.2) is 0 Å². The van der Waals surface area contributed by atoms with E-state index in [1.165, 1.54) is 4.90 Å². The summed E-state index contributed by atoms with van der Waals surface area (Å²) in [5.74, 6) is -1.32. The molecule has 2 rings (SSSR count). The lowest BCUT2D eigenvalue weighted by Gasteiger charge is -2.36. The van der Waals surface area contributed by atoms with Crippen LogP contribution in [0.25, 0.3) is 0 Å². The molecule has 0 unspecified atom stereocenters. The molecule has 1 aliphatic heterocycles. The molecule has 0 aliphatic carbocycles. The first-order valence-corrected chi connectivity index (χ1v) is 5.90. The van der Waals surface area contributed by atoms with E-state index in [0.29, 0.717) is 10.7 Å². The number of hydrogen-bond acceptors (Lipinski definition) is 2. The maximum absolute atomic E-state index is 11.8. The molecule has 1 saturated heterocycles. The molecule has 6 heteroatoms. The van der Waals surface area contributed by atoms with Gasteiger partial charge in [0.1, 0.15) is 0 Å². The number of anilines is 1. The van der Waals surface area contributed by atoms with Crippen LogP contribution in [0.5, 0.6) is 0 Å². The molecule has 0 saturated carbocycles. The Morgan fingerprint density at radius 2 is 2.11 bits per heavy atom. The van der Waals surface area contributed by atoms with Gasteiger partial charge in [-0.25, -0.2) is 4.79 Å². The van der Waals surface area contributed by atoms with Crippen molar-refractivity contribution in [2.45, 2.75) is 6.92 Å². The monoisotopic (exact) mass is 268 g/mol. The summed E-state index contributed by atoms with van der Waals surface area (Å²) in [6.07, 6.45) is 0. The van der Waals surface area contributed by atoms with Crippen molar-refractivity contribution < 1.29 is 14.7 Å². The van der Waals surface area contributed by atoms with Gasteiger partial charge in [-0.3, -0.25) is 4.79 Å². The predicted molar refractivity (Wildman–Crippen MR) is 67.9 cm³/mol. The number of halogens is 1. The Bertz CT molecular complexity index is 478. The third-order valence-corrected chi connectivity index (χ3v) is 3.29. The van der Waals surface area contributed by atoms with Crippen LogP contribution in [0.15, 0.2) is 18.2 Å². The van der Waals surface area contributed by atoms with Crippen LogP contribution in [0, 0.1) is 12.8 Å². The van der Waals surface area contributed by atoms with Gasteiger partial charge in [0.05, 0.1) is 16.6 Å². The van der Waals surface area contributed by atoms with Gasteiger partial charge in [0.25, 0.3) is 0 Å². The largest absolute Gasteiger partial charge is 0.481 e. The standard InChI is InChI=1S/C12H13ClN2O3/c1-7-3-2-4-9(13)10(7)14-12(18)15-5-8(6-15)11(16)17/h2-4,8H,5-6H2,1H3,(H,14,18)(H,16,17). The maximum atomic E-state index is 11.8. The predicted octanol–water partition coefficient (Wildman–Crippen LogP) is 2.20. The van der Waals surface area contributed by atoms with Gasteiger partial charge < -0.3 is 15.3 Å². The number of nitrogens with one attached hydrogen (secondary N) is 1. The Morgan fingerprint density at radius 3 is 2.67 bits per heavy atom. The van der Waals surface area contributed by atoms with E-state index in [9.17, 15) is 9.59 Å². The number of urea groups is 1. The van der Waals surface area contributed by atoms with E-state index < -0.39 is 11.9 Å². The highest BCUT2D eigenvalue weighted by atomic mass is 35.5. The highest BCUT2D eigenvalue weighted by Crippen LogP contribution is 2.26. The van der Waals surface area contributed by atoms with Gasteiger partial charge in [0, 0.05) is 13.1 Å². The van der Waals surface area contributed by atoms with Crippen molar-refractivity contribution in [3.05, 3.63) is 28.8 Å². The Hall–Kier alpha value is -1.75. The number of benzene rings is 1. The normalized spacial score (nSPS) is 15.1. The first-order chi connectivity index (χ1) is 8.49. The summed E-state index contributed by atoms with van der Waals surface area (Å²) in [6.45, 7) is 2.33. The zero-order chi connectivity index (χ0) is 13.3. The molecule has 0 atom stereocenters. The summed E-state index contributed by atoms with van der Waals surface area (Å²) in [4.78, 5) is 23.9. The summed E-state index contributed by atoms with van der Waals surface area (Å²) in [6, 6.07) is 5.03. The fourth-order valence-corrected chi connectivity index (χ4v) is 2.05. The highest BCUT2D eigenvalue weighted by molar-refractivity contribution is 6.33. The van der Waals surface area contributed by atoms with Crippen molar-refractivity contribution in [3.63, 3.8) is 0 Å². The maximum Gasteiger partial charge on any atom is 0.321 e. The summed E-state index contributed by atoms with van der Waals surface area (Å²) in [5.41, 5.74) is 1.44. The van der Waals surface area contributed by atoms with E-state index in [0.717, 1.165) is 5.56 Å². The Balaban J connectivity index is 1.99. The average Bonchev–Trinajstić information content (AvgIpc) is 2.21. The van der Waals surface area contributed by atoms with Crippen LogP contribution in [-0.2, 0) is 4.79 Å². The zero-order valence-corrected chi connectivity index (χ0v) is 10.6. The molecular weight excluding hydrogens is 256 g/mol. The molecule has 0 spiro atoms. The second kappa shape index (κ2) is 4.86. The van der Waals surface area contributed by atoms with Crippen LogP contribution in [0.1, 0.15) is 5.56 Å². The van der Waals surface area contributed by atoms with Gasteiger partial charge in [-0.1, -0.05) is 23.7 Å². The van der Waals surface area contributed by atoms with Gasteiger partial charge in [0.2, 0.25) is 0 Å². The Labute approximate surface area is 109 Å². The van der Waals surface area contributed by atoms with Crippen molar-refractivity contribution in [2.75, 3.05) is 18.4 Å². The summed E-state index contributed by atoms with van der Waals surface area (Å²) in [5, 5.41) is 11.9. The minimum absolute atomic E-state index is 0.241. The first kappa shape index (κ1) is 12.7. The van der Waals surface area contributed by atoms with E-state index in [1.807, 2.05) is 13.0 Å². The molecular formula is C12H13ClN2O3. The minimum atomic E-state index is -0.868. The first-order valence-electron chi connectivity index (χ1n) is 5.53. The third kappa shape index (κ3) is 2.41. The molecule has 2 amide bonds. The number of carboxylic acid groups (broad SMARTS) is 1. The number of carbonyl (C=O) groups excluding carboxylic acids is 1. The number of para-hydroxylation sites is 1. The van der Waals surface area contributed by atoms with Crippen molar-refractivity contribution in [3.8, 4) is 0 Å². The Kier molecular flexibility index (Phi) is 3.43. The number of carboxylic acids is 1. The molecule has 18 heavy (non-hydrogen) atoms. The van der Waals surface area contributed by atoms with Gasteiger partial charge in [-0.05, 0) is 18.6 Å². The second-order valence-corrected chi connectivity index (χ2v) is 4.71. The molecule has 0 bridgehead atoms. The third-order valence-electron chi connectivity index (χ3n) is 2.97. The minimum Gasteiger partial charge on any atom is -0.481 e. The molecule has 5 nitrogen and oxygen atoms in total. The van der Waals surface area contributed by atoms with Crippen molar-refractivity contribution >= 4 is 29.3 Å². The average molecular weight is 269 g/mol. The lowest BCUT2D eigenvalue weighted by Crippen LogP contribution is -2.54. The molecule has 0 aromatic heterocycles. The van der Waals surface area contributed by atoms with Gasteiger partial charge in [-0.15, -0.1) is 0 Å². The number of likely N-dealkylation sites (tertiary alicyclic amines) is 1. The second-order valence-electron chi connectivity index (χ2n) is 4.30. The Morgan fingerprint density at radius 1 is 1.44 bits per heavy atom. The molecule has 1 aromatic carbocycles. The zero-order valence-electron chi connectivity index (χ0n) is 9.81. The number of hydrogen-bond donors (Lipinski definition) is 2. The summed E-state index contributed by atoms with van der Waals surface area (Å²) >= 11 is 5.99. The van der Waals surface area contributed by atoms with E-state index >= 15 is 0 Å². The van der Waals surface area contributed by atoms with Crippen molar-refractivity contribution in [1.29, 1.82) is 0 Å². The topological polar surface area (TPSA) is 69.6 Å². The van der Waals surface area contributed by atoms with Crippen LogP contribution >= 0.6 is 11.6 Å². The number of nitrogens with zero attached hydrogens (tertiary/aromatic N) is 1. The highest BCUT2D eigenvalue weighted by Gasteiger charge is 2.35. The van der Waals surface area contributed by atoms with Crippen LogP contribution in [0.3, 0.4) is 0 Å². The number of amides is 2. The van der Waals surface area contributed by atoms with E-state index in [1.54, 1.807) is 12.1 Å². The fourth-order valence-electron chi connectivity index (χ4n) is 1.78. The van der Waals surface area contributed by atoms with Crippen LogP contribution in [0.2, 0.25) is 5.02 Å². The smallest absolute Gasteiger partial charge is 0.321 e. The lowest BCUT2D eigenvalue weighted by atomic mass is 10.0. The van der Waals surface area contributed by atoms with Crippen molar-refractivity contribution in [1.82, 2.24) is 4.90 Å². The summed E-state index contributed by atoms with van der Waals surface area (Å²) in [7, 11) is 0. The van der Waals surface area contributed by atoms with E-state index in [4.69, 9.17) is 16.7 Å². The molecule has 1 aromatic rings. The fraction of sp³-hybridized carbons (Fsp3) is 0.333. The van der Waals surface area contributed by atoms with Crippen LogP contribution < -0.4 is 5.32 Å². The van der Waals surface area contributed by atoms with Crippen molar-refractivity contribution in [2.24, 2.45) is 5.92 Å². The number of aliphatic carboxylic acids is 1. The van der Waals surface area contributed by atoms with Crippen LogP contribution in [-0.4, -0.2) is 35.1 Å². The molecule has 2 N–H and O–H groups in total. The molecule has 1 fully saturated rings. The summed E-state index contributed by atoms with van der Waals surface area (Å²) < 4.78 is 0. The van der Waals surface area contributed by atoms with E-state index in [-0.39, 0.29) is 19.1 Å². The molecule has 96 valence electrons.